The Balaban J connectivity index is 1.07. The Morgan fingerprint density at radius 2 is 2.00 bits per heavy atom. The molecule has 0 amide bonds. The first kappa shape index (κ1) is 21.3. The molecule has 10 heteroatoms. The van der Waals surface area contributed by atoms with Crippen molar-refractivity contribution in [1.29, 1.82) is 0 Å². The number of hydrogen-bond acceptors (Lipinski definition) is 8. The van der Waals surface area contributed by atoms with Crippen molar-refractivity contribution in [2.24, 2.45) is 5.92 Å². The third-order valence-corrected chi connectivity index (χ3v) is 6.70. The van der Waals surface area contributed by atoms with Crippen molar-refractivity contribution < 1.29 is 18.6 Å². The molecule has 0 spiro atoms. The first-order valence-electron chi connectivity index (χ1n) is 11.7. The molecule has 3 aliphatic heterocycles. The molecular formula is C24H26FN5O4. The Morgan fingerprint density at radius 3 is 2.91 bits per heavy atom. The van der Waals surface area contributed by atoms with Gasteiger partial charge in [0.1, 0.15) is 25.3 Å². The molecule has 9 nitrogen and oxygen atoms in total. The number of halogens is 1. The summed E-state index contributed by atoms with van der Waals surface area (Å²) in [6.07, 6.45) is 3.93. The van der Waals surface area contributed by atoms with Gasteiger partial charge < -0.3 is 24.4 Å². The smallest absolute Gasteiger partial charge is 0.251 e. The minimum Gasteiger partial charge on any atom is -0.486 e. The summed E-state index contributed by atoms with van der Waals surface area (Å²) < 4.78 is 32.8. The minimum atomic E-state index is -0.537. The van der Waals surface area contributed by atoms with Crippen LogP contribution in [-0.2, 0) is 6.54 Å². The number of ether oxygens (including phenoxy) is 3. The van der Waals surface area contributed by atoms with Crippen molar-refractivity contribution in [3.05, 3.63) is 52.5 Å². The molecule has 1 fully saturated rings. The van der Waals surface area contributed by atoms with E-state index in [0.29, 0.717) is 49.0 Å². The lowest BCUT2D eigenvalue weighted by molar-refractivity contribution is 0.170. The first-order chi connectivity index (χ1) is 16.7. The van der Waals surface area contributed by atoms with E-state index < -0.39 is 5.82 Å². The topological polar surface area (TPSA) is 90.7 Å². The predicted molar refractivity (Wildman–Crippen MR) is 122 cm³/mol. The fourth-order valence-corrected chi connectivity index (χ4v) is 5.09. The highest BCUT2D eigenvalue weighted by Gasteiger charge is 2.30. The summed E-state index contributed by atoms with van der Waals surface area (Å²) in [6.45, 7) is 5.48. The van der Waals surface area contributed by atoms with Crippen LogP contribution in [0.25, 0.3) is 11.0 Å². The standard InChI is InChI=1S/C24H26FN5O4/c25-18-10-28-19-1-2-22(31)30-17(14-34-24(18)23(19)30)13-29-4-3-15(12-29)8-26-9-16-7-20-21(11-27-16)33-6-5-32-20/h1-2,7,10-11,15,17,26H,3-6,8-9,12-14H2/t15-,17+/m0/s1. The molecule has 2 atom stereocenters. The highest BCUT2D eigenvalue weighted by molar-refractivity contribution is 5.82. The zero-order valence-corrected chi connectivity index (χ0v) is 18.7. The van der Waals surface area contributed by atoms with E-state index >= 15 is 0 Å². The summed E-state index contributed by atoms with van der Waals surface area (Å²) in [5, 5.41) is 3.50. The average molecular weight is 468 g/mol. The van der Waals surface area contributed by atoms with Gasteiger partial charge in [-0.2, -0.15) is 0 Å². The molecule has 6 rings (SSSR count). The number of fused-ring (bicyclic) bond motifs is 1. The predicted octanol–water partition coefficient (Wildman–Crippen LogP) is 1.75. The second-order valence-electron chi connectivity index (χ2n) is 9.04. The van der Waals surface area contributed by atoms with Crippen LogP contribution in [0.2, 0.25) is 0 Å². The van der Waals surface area contributed by atoms with Crippen LogP contribution in [0.4, 0.5) is 4.39 Å². The molecule has 178 valence electrons. The summed E-state index contributed by atoms with van der Waals surface area (Å²) in [7, 11) is 0. The van der Waals surface area contributed by atoms with Crippen molar-refractivity contribution in [3.8, 4) is 17.2 Å². The van der Waals surface area contributed by atoms with Crippen LogP contribution in [0, 0.1) is 11.7 Å². The molecule has 1 N–H and O–H groups in total. The van der Waals surface area contributed by atoms with E-state index in [1.165, 1.54) is 6.07 Å². The molecule has 1 saturated heterocycles. The molecule has 0 unspecified atom stereocenters. The monoisotopic (exact) mass is 467 g/mol. The Labute approximate surface area is 195 Å². The number of nitrogens with one attached hydrogen (secondary N) is 1. The lowest BCUT2D eigenvalue weighted by atomic mass is 10.1. The number of hydrogen-bond donors (Lipinski definition) is 1. The van der Waals surface area contributed by atoms with Gasteiger partial charge in [0.05, 0.1) is 29.6 Å². The quantitative estimate of drug-likeness (QED) is 0.587. The van der Waals surface area contributed by atoms with E-state index in [1.54, 1.807) is 16.8 Å². The van der Waals surface area contributed by atoms with Crippen LogP contribution in [-0.4, -0.2) is 65.4 Å². The molecule has 0 bridgehead atoms. The molecule has 0 aromatic carbocycles. The molecule has 3 aromatic rings. The normalized spacial score (nSPS) is 21.6. The fraction of sp³-hybridized carbons (Fsp3) is 0.458. The van der Waals surface area contributed by atoms with Crippen LogP contribution >= 0.6 is 0 Å². The molecule has 0 aliphatic carbocycles. The highest BCUT2D eigenvalue weighted by Crippen LogP contribution is 2.33. The van der Waals surface area contributed by atoms with Gasteiger partial charge in [-0.15, -0.1) is 0 Å². The maximum absolute atomic E-state index is 14.2. The highest BCUT2D eigenvalue weighted by atomic mass is 19.1. The molecule has 3 aromatic heterocycles. The SMILES string of the molecule is O=c1ccc2ncc(F)c3c2n1[C@H](CN1CC[C@@H](CNCc2cc4c(cn2)OCCO4)C1)CO3. The van der Waals surface area contributed by atoms with E-state index in [1.807, 2.05) is 6.07 Å². The van der Waals surface area contributed by atoms with Crippen molar-refractivity contribution in [2.45, 2.75) is 19.0 Å². The third kappa shape index (κ3) is 3.97. The number of nitrogens with zero attached hydrogens (tertiary/aromatic N) is 4. The number of aromatic nitrogens is 3. The summed E-state index contributed by atoms with van der Waals surface area (Å²) in [5.41, 5.74) is 1.79. The van der Waals surface area contributed by atoms with Crippen LogP contribution in [0.1, 0.15) is 18.2 Å². The Bertz CT molecular complexity index is 1280. The molecule has 3 aliphatic rings. The van der Waals surface area contributed by atoms with E-state index in [4.69, 9.17) is 14.2 Å². The maximum Gasteiger partial charge on any atom is 0.251 e. The van der Waals surface area contributed by atoms with Gasteiger partial charge in [0.15, 0.2) is 23.1 Å². The van der Waals surface area contributed by atoms with Crippen molar-refractivity contribution in [2.75, 3.05) is 46.0 Å². The summed E-state index contributed by atoms with van der Waals surface area (Å²) in [4.78, 5) is 23.6. The third-order valence-electron chi connectivity index (χ3n) is 6.70. The summed E-state index contributed by atoms with van der Waals surface area (Å²) >= 11 is 0. The first-order valence-corrected chi connectivity index (χ1v) is 11.7. The van der Waals surface area contributed by atoms with Crippen molar-refractivity contribution in [3.63, 3.8) is 0 Å². The van der Waals surface area contributed by atoms with Gasteiger partial charge in [-0.05, 0) is 31.5 Å². The Morgan fingerprint density at radius 1 is 1.12 bits per heavy atom. The van der Waals surface area contributed by atoms with Gasteiger partial charge >= 0.3 is 0 Å². The number of pyridine rings is 3. The Hall–Kier alpha value is -3.24. The average Bonchev–Trinajstić information content (AvgIpc) is 3.30. The number of likely N-dealkylation sites (tertiary alicyclic amines) is 1. The van der Waals surface area contributed by atoms with Crippen molar-refractivity contribution >= 4 is 11.0 Å². The van der Waals surface area contributed by atoms with Crippen molar-refractivity contribution in [1.82, 2.24) is 24.8 Å². The second kappa shape index (κ2) is 8.84. The largest absolute Gasteiger partial charge is 0.486 e. The van der Waals surface area contributed by atoms with Gasteiger partial charge in [0.2, 0.25) is 0 Å². The Kier molecular flexibility index (Phi) is 5.54. The van der Waals surface area contributed by atoms with Crippen LogP contribution in [0.5, 0.6) is 17.2 Å². The van der Waals surface area contributed by atoms with Gasteiger partial charge in [0, 0.05) is 31.8 Å². The molecule has 6 heterocycles. The summed E-state index contributed by atoms with van der Waals surface area (Å²) in [6, 6.07) is 4.87. The van der Waals surface area contributed by atoms with Crippen LogP contribution in [0.15, 0.2) is 35.4 Å². The van der Waals surface area contributed by atoms with E-state index in [0.717, 1.165) is 43.7 Å². The fourth-order valence-electron chi connectivity index (χ4n) is 5.09. The van der Waals surface area contributed by atoms with E-state index in [-0.39, 0.29) is 24.0 Å². The van der Waals surface area contributed by atoms with Gasteiger partial charge in [-0.1, -0.05) is 0 Å². The van der Waals surface area contributed by atoms with E-state index in [9.17, 15) is 9.18 Å². The number of rotatable bonds is 6. The molecule has 0 radical (unpaired) electrons. The second-order valence-corrected chi connectivity index (χ2v) is 9.04. The molecule has 34 heavy (non-hydrogen) atoms. The van der Waals surface area contributed by atoms with E-state index in [2.05, 4.69) is 20.2 Å². The van der Waals surface area contributed by atoms with Crippen LogP contribution < -0.4 is 25.1 Å². The van der Waals surface area contributed by atoms with Gasteiger partial charge in [-0.25, -0.2) is 4.39 Å². The van der Waals surface area contributed by atoms with Gasteiger partial charge in [-0.3, -0.25) is 19.3 Å². The van der Waals surface area contributed by atoms with Gasteiger partial charge in [0.25, 0.3) is 5.56 Å². The maximum atomic E-state index is 14.2. The van der Waals surface area contributed by atoms with Crippen LogP contribution in [0.3, 0.4) is 0 Å². The zero-order chi connectivity index (χ0) is 23.1. The molecule has 0 saturated carbocycles. The zero-order valence-electron chi connectivity index (χ0n) is 18.7. The lowest BCUT2D eigenvalue weighted by Gasteiger charge is -2.31. The minimum absolute atomic E-state index is 0.121. The lowest BCUT2D eigenvalue weighted by Crippen LogP contribution is -2.39. The summed E-state index contributed by atoms with van der Waals surface area (Å²) in [5.74, 6) is 1.53. The molecular weight excluding hydrogens is 441 g/mol.